The molecule has 2 aromatic heterocycles. The molecule has 6 nitrogen and oxygen atoms in total. The number of nitrogens with one attached hydrogen (secondary N) is 1. The second-order valence-corrected chi connectivity index (χ2v) is 6.54. The fourth-order valence-electron chi connectivity index (χ4n) is 3.07. The van der Waals surface area contributed by atoms with Crippen LogP contribution in [0.15, 0.2) is 24.5 Å². The average Bonchev–Trinajstić information content (AvgIpc) is 3.23. The summed E-state index contributed by atoms with van der Waals surface area (Å²) in [6, 6.07) is 2.37. The maximum atomic E-state index is 12.6. The Morgan fingerprint density at radius 3 is 2.69 bits per heavy atom. The summed E-state index contributed by atoms with van der Waals surface area (Å²) in [5.74, 6) is 0.962. The minimum absolute atomic E-state index is 0.00605. The molecular weight excluding hydrogens is 347 g/mol. The number of anilines is 1. The average molecular weight is 367 g/mol. The highest BCUT2D eigenvalue weighted by Crippen LogP contribution is 2.30. The van der Waals surface area contributed by atoms with Gasteiger partial charge in [-0.05, 0) is 25.5 Å². The fraction of sp³-hybridized carbons (Fsp3) is 0.471. The summed E-state index contributed by atoms with van der Waals surface area (Å²) in [7, 11) is 1.72. The van der Waals surface area contributed by atoms with E-state index < -0.39 is 11.7 Å². The summed E-state index contributed by atoms with van der Waals surface area (Å²) in [5, 5.41) is 0. The molecule has 0 aliphatic carbocycles. The van der Waals surface area contributed by atoms with E-state index in [1.54, 1.807) is 18.1 Å². The number of aryl methyl sites for hydroxylation is 1. The molecule has 2 aromatic rings. The number of nitrogens with zero attached hydrogens (tertiary/aromatic N) is 4. The van der Waals surface area contributed by atoms with Gasteiger partial charge in [-0.2, -0.15) is 13.2 Å². The SMILES string of the molecule is Cc1cnc(CN(C)C(=O)C2CCN(c3ccc(C(F)(F)F)cn3)C2)[nH]1. The first kappa shape index (κ1) is 18.2. The number of imidazole rings is 1. The van der Waals surface area contributed by atoms with Crippen molar-refractivity contribution in [2.45, 2.75) is 26.1 Å². The van der Waals surface area contributed by atoms with E-state index in [0.717, 1.165) is 23.8 Å². The van der Waals surface area contributed by atoms with E-state index in [0.29, 0.717) is 31.9 Å². The lowest BCUT2D eigenvalue weighted by Crippen LogP contribution is -2.34. The van der Waals surface area contributed by atoms with E-state index in [1.807, 2.05) is 11.8 Å². The maximum Gasteiger partial charge on any atom is 0.417 e. The molecule has 26 heavy (non-hydrogen) atoms. The quantitative estimate of drug-likeness (QED) is 0.902. The van der Waals surface area contributed by atoms with Crippen molar-refractivity contribution in [2.24, 2.45) is 5.92 Å². The molecule has 0 aromatic carbocycles. The molecule has 1 aliphatic rings. The number of aromatic amines is 1. The third kappa shape index (κ3) is 3.97. The third-order valence-electron chi connectivity index (χ3n) is 4.46. The number of H-pyrrole nitrogens is 1. The van der Waals surface area contributed by atoms with Gasteiger partial charge in [-0.15, -0.1) is 0 Å². The van der Waals surface area contributed by atoms with Crippen molar-refractivity contribution < 1.29 is 18.0 Å². The van der Waals surface area contributed by atoms with E-state index in [-0.39, 0.29) is 11.8 Å². The normalized spacial score (nSPS) is 17.6. The van der Waals surface area contributed by atoms with Crippen LogP contribution in [0.4, 0.5) is 19.0 Å². The van der Waals surface area contributed by atoms with Crippen molar-refractivity contribution in [3.8, 4) is 0 Å². The van der Waals surface area contributed by atoms with Gasteiger partial charge in [0.05, 0.1) is 18.0 Å². The van der Waals surface area contributed by atoms with Crippen LogP contribution in [0.2, 0.25) is 0 Å². The van der Waals surface area contributed by atoms with E-state index in [4.69, 9.17) is 0 Å². The van der Waals surface area contributed by atoms with E-state index >= 15 is 0 Å². The van der Waals surface area contributed by atoms with Crippen LogP contribution < -0.4 is 4.90 Å². The number of aromatic nitrogens is 3. The Hall–Kier alpha value is -2.58. The third-order valence-corrected chi connectivity index (χ3v) is 4.46. The predicted molar refractivity (Wildman–Crippen MR) is 89.4 cm³/mol. The van der Waals surface area contributed by atoms with Crippen molar-refractivity contribution in [3.05, 3.63) is 41.6 Å². The largest absolute Gasteiger partial charge is 0.417 e. The highest BCUT2D eigenvalue weighted by atomic mass is 19.4. The summed E-state index contributed by atoms with van der Waals surface area (Å²) in [5.41, 5.74) is 0.155. The maximum absolute atomic E-state index is 12.6. The van der Waals surface area contributed by atoms with Gasteiger partial charge in [-0.25, -0.2) is 9.97 Å². The topological polar surface area (TPSA) is 65.1 Å². The van der Waals surface area contributed by atoms with Crippen LogP contribution in [0.25, 0.3) is 0 Å². The second kappa shape index (κ2) is 6.97. The molecule has 1 unspecified atom stereocenters. The number of alkyl halides is 3. The molecule has 1 N–H and O–H groups in total. The zero-order valence-electron chi connectivity index (χ0n) is 14.5. The predicted octanol–water partition coefficient (Wildman–Crippen LogP) is 2.62. The summed E-state index contributed by atoms with van der Waals surface area (Å²) in [6.45, 7) is 3.31. The summed E-state index contributed by atoms with van der Waals surface area (Å²) < 4.78 is 37.9. The smallest absolute Gasteiger partial charge is 0.356 e. The summed E-state index contributed by atoms with van der Waals surface area (Å²) >= 11 is 0. The zero-order valence-corrected chi connectivity index (χ0v) is 14.5. The molecule has 1 amide bonds. The van der Waals surface area contributed by atoms with Gasteiger partial charge in [0.1, 0.15) is 11.6 Å². The lowest BCUT2D eigenvalue weighted by molar-refractivity contribution is -0.137. The van der Waals surface area contributed by atoms with Crippen LogP contribution in [-0.4, -0.2) is 45.9 Å². The van der Waals surface area contributed by atoms with Crippen LogP contribution in [0.5, 0.6) is 0 Å². The number of pyridine rings is 1. The van der Waals surface area contributed by atoms with Gasteiger partial charge >= 0.3 is 6.18 Å². The van der Waals surface area contributed by atoms with Crippen LogP contribution in [0.1, 0.15) is 23.5 Å². The first-order chi connectivity index (χ1) is 12.2. The Balaban J connectivity index is 1.60. The number of rotatable bonds is 4. The Morgan fingerprint density at radius 2 is 2.12 bits per heavy atom. The number of hydrogen-bond donors (Lipinski definition) is 1. The Bertz CT molecular complexity index is 771. The van der Waals surface area contributed by atoms with Crippen LogP contribution in [0, 0.1) is 12.8 Å². The van der Waals surface area contributed by atoms with Gasteiger partial charge in [0, 0.05) is 38.2 Å². The van der Waals surface area contributed by atoms with E-state index in [2.05, 4.69) is 15.0 Å². The van der Waals surface area contributed by atoms with Gasteiger partial charge in [-0.1, -0.05) is 0 Å². The van der Waals surface area contributed by atoms with E-state index in [1.165, 1.54) is 6.07 Å². The Labute approximate surface area is 149 Å². The number of hydrogen-bond acceptors (Lipinski definition) is 4. The molecule has 3 rings (SSSR count). The molecular formula is C17H20F3N5O. The number of carbonyl (C=O) groups is 1. The molecule has 0 radical (unpaired) electrons. The zero-order chi connectivity index (χ0) is 18.9. The highest BCUT2D eigenvalue weighted by molar-refractivity contribution is 5.79. The van der Waals surface area contributed by atoms with Crippen molar-refractivity contribution in [3.63, 3.8) is 0 Å². The van der Waals surface area contributed by atoms with Crippen molar-refractivity contribution in [2.75, 3.05) is 25.0 Å². The van der Waals surface area contributed by atoms with Crippen LogP contribution in [-0.2, 0) is 17.5 Å². The van der Waals surface area contributed by atoms with Gasteiger partial charge < -0.3 is 14.8 Å². The molecule has 1 fully saturated rings. The minimum atomic E-state index is -4.40. The van der Waals surface area contributed by atoms with Crippen LogP contribution in [0.3, 0.4) is 0 Å². The Kier molecular flexibility index (Phi) is 4.88. The van der Waals surface area contributed by atoms with Gasteiger partial charge in [0.15, 0.2) is 0 Å². The van der Waals surface area contributed by atoms with Gasteiger partial charge in [-0.3, -0.25) is 4.79 Å². The van der Waals surface area contributed by atoms with E-state index in [9.17, 15) is 18.0 Å². The first-order valence-electron chi connectivity index (χ1n) is 8.27. The fourth-order valence-corrected chi connectivity index (χ4v) is 3.07. The van der Waals surface area contributed by atoms with Gasteiger partial charge in [0.25, 0.3) is 0 Å². The number of halogens is 3. The second-order valence-electron chi connectivity index (χ2n) is 6.54. The minimum Gasteiger partial charge on any atom is -0.356 e. The lowest BCUT2D eigenvalue weighted by atomic mass is 10.1. The van der Waals surface area contributed by atoms with Crippen molar-refractivity contribution >= 4 is 11.7 Å². The van der Waals surface area contributed by atoms with Crippen molar-refractivity contribution in [1.29, 1.82) is 0 Å². The molecule has 1 atom stereocenters. The van der Waals surface area contributed by atoms with Gasteiger partial charge in [0.2, 0.25) is 5.91 Å². The summed E-state index contributed by atoms with van der Waals surface area (Å²) in [4.78, 5) is 27.2. The molecule has 140 valence electrons. The first-order valence-corrected chi connectivity index (χ1v) is 8.27. The molecule has 3 heterocycles. The lowest BCUT2D eigenvalue weighted by Gasteiger charge is -2.21. The number of carbonyl (C=O) groups excluding carboxylic acids is 1. The Morgan fingerprint density at radius 1 is 1.35 bits per heavy atom. The molecule has 0 bridgehead atoms. The van der Waals surface area contributed by atoms with Crippen molar-refractivity contribution in [1.82, 2.24) is 19.9 Å². The molecule has 1 saturated heterocycles. The monoisotopic (exact) mass is 367 g/mol. The molecule has 0 saturated carbocycles. The number of amides is 1. The standard InChI is InChI=1S/C17H20F3N5O/c1-11-7-21-14(23-11)10-24(2)16(26)12-5-6-25(9-12)15-4-3-13(8-22-15)17(18,19)20/h3-4,7-8,12H,5-6,9-10H2,1-2H3,(H,21,23). The highest BCUT2D eigenvalue weighted by Gasteiger charge is 2.33. The summed E-state index contributed by atoms with van der Waals surface area (Å²) in [6.07, 6.45) is -1.22. The molecule has 1 aliphatic heterocycles. The molecule has 9 heteroatoms. The van der Waals surface area contributed by atoms with Crippen LogP contribution >= 0.6 is 0 Å². The molecule has 0 spiro atoms.